The molecule has 1 saturated heterocycles. The van der Waals surface area contributed by atoms with E-state index in [1.54, 1.807) is 0 Å². The summed E-state index contributed by atoms with van der Waals surface area (Å²) >= 11 is 0. The third kappa shape index (κ3) is 3.26. The van der Waals surface area contributed by atoms with Crippen molar-refractivity contribution in [3.8, 4) is 0 Å². The van der Waals surface area contributed by atoms with Crippen molar-refractivity contribution >= 4 is 0 Å². The largest absolute Gasteiger partial charge is 0.389 e. The Kier molecular flexibility index (Phi) is 5.72. The van der Waals surface area contributed by atoms with E-state index in [9.17, 15) is 20.4 Å². The lowest BCUT2D eigenvalue weighted by Gasteiger charge is -2.45. The predicted molar refractivity (Wildman–Crippen MR) is 75.2 cm³/mol. The van der Waals surface area contributed by atoms with Gasteiger partial charge in [0, 0.05) is 18.6 Å². The van der Waals surface area contributed by atoms with Crippen molar-refractivity contribution in [1.82, 2.24) is 0 Å². The Hall–Kier alpha value is -0.400. The first-order valence-corrected chi connectivity index (χ1v) is 7.28. The Morgan fingerprint density at radius 1 is 0.909 bits per heavy atom. The van der Waals surface area contributed by atoms with Crippen molar-refractivity contribution in [2.75, 3.05) is 6.54 Å². The number of hydrogen-bond acceptors (Lipinski definition) is 10. The van der Waals surface area contributed by atoms with Crippen molar-refractivity contribution in [2.45, 2.75) is 67.5 Å². The molecule has 22 heavy (non-hydrogen) atoms. The van der Waals surface area contributed by atoms with Gasteiger partial charge in [0.2, 0.25) is 0 Å². The van der Waals surface area contributed by atoms with Crippen LogP contribution in [-0.4, -0.2) is 88.0 Å². The average molecular weight is 322 g/mol. The maximum atomic E-state index is 10.1. The lowest BCUT2D eigenvalue weighted by atomic mass is 9.84. The fraction of sp³-hybridized carbons (Fsp3) is 1.00. The van der Waals surface area contributed by atoms with E-state index in [2.05, 4.69) is 0 Å². The fourth-order valence-corrected chi connectivity index (χ4v) is 2.89. The number of nitrogens with two attached hydrogens (primary N) is 4. The van der Waals surface area contributed by atoms with Gasteiger partial charge in [0.25, 0.3) is 0 Å². The Balaban J connectivity index is 2.08. The molecule has 10 atom stereocenters. The van der Waals surface area contributed by atoms with E-state index < -0.39 is 61.0 Å². The minimum atomic E-state index is -1.31. The summed E-state index contributed by atoms with van der Waals surface area (Å²) in [6, 6.07) is -2.34. The summed E-state index contributed by atoms with van der Waals surface area (Å²) in [7, 11) is 0. The van der Waals surface area contributed by atoms with Gasteiger partial charge in [-0.15, -0.1) is 0 Å². The molecule has 1 aliphatic heterocycles. The summed E-state index contributed by atoms with van der Waals surface area (Å²) in [5, 5.41) is 39.6. The van der Waals surface area contributed by atoms with Gasteiger partial charge in [0.1, 0.15) is 30.5 Å². The van der Waals surface area contributed by atoms with Crippen LogP contribution in [0, 0.1) is 0 Å². The van der Waals surface area contributed by atoms with Crippen LogP contribution in [0.15, 0.2) is 0 Å². The summed E-state index contributed by atoms with van der Waals surface area (Å²) in [4.78, 5) is 0. The van der Waals surface area contributed by atoms with Crippen LogP contribution in [0.25, 0.3) is 0 Å². The van der Waals surface area contributed by atoms with Crippen molar-refractivity contribution in [2.24, 2.45) is 22.9 Å². The van der Waals surface area contributed by atoms with Crippen LogP contribution in [0.2, 0.25) is 0 Å². The molecule has 1 heterocycles. The van der Waals surface area contributed by atoms with E-state index >= 15 is 0 Å². The number of aliphatic hydroxyl groups is 4. The minimum Gasteiger partial charge on any atom is -0.389 e. The summed E-state index contributed by atoms with van der Waals surface area (Å²) in [5.41, 5.74) is 22.8. The molecule has 10 nitrogen and oxygen atoms in total. The Morgan fingerprint density at radius 3 is 2.14 bits per heavy atom. The smallest absolute Gasteiger partial charge is 0.176 e. The molecule has 0 aromatic rings. The highest BCUT2D eigenvalue weighted by atomic mass is 16.7. The summed E-state index contributed by atoms with van der Waals surface area (Å²) in [5.74, 6) is 0. The first-order chi connectivity index (χ1) is 10.3. The van der Waals surface area contributed by atoms with E-state index in [4.69, 9.17) is 32.4 Å². The third-order valence-corrected chi connectivity index (χ3v) is 4.36. The maximum Gasteiger partial charge on any atom is 0.176 e. The zero-order chi connectivity index (χ0) is 16.6. The predicted octanol–water partition coefficient (Wildman–Crippen LogP) is -5.12. The average Bonchev–Trinajstić information content (AvgIpc) is 2.49. The van der Waals surface area contributed by atoms with Gasteiger partial charge in [0.05, 0.1) is 12.1 Å². The molecule has 12 N–H and O–H groups in total. The normalized spacial score (nSPS) is 53.5. The highest BCUT2D eigenvalue weighted by Crippen LogP contribution is 2.26. The molecule has 0 spiro atoms. The van der Waals surface area contributed by atoms with Crippen LogP contribution < -0.4 is 22.9 Å². The van der Waals surface area contributed by atoms with Crippen LogP contribution in [0.4, 0.5) is 0 Å². The highest BCUT2D eigenvalue weighted by Gasteiger charge is 2.47. The topological polar surface area (TPSA) is 203 Å². The van der Waals surface area contributed by atoms with Crippen molar-refractivity contribution in [3.05, 3.63) is 0 Å². The molecule has 130 valence electrons. The van der Waals surface area contributed by atoms with Crippen LogP contribution in [0.5, 0.6) is 0 Å². The zero-order valence-electron chi connectivity index (χ0n) is 12.1. The van der Waals surface area contributed by atoms with Crippen LogP contribution in [0.3, 0.4) is 0 Å². The van der Waals surface area contributed by atoms with Gasteiger partial charge < -0.3 is 52.8 Å². The zero-order valence-corrected chi connectivity index (χ0v) is 12.1. The van der Waals surface area contributed by atoms with E-state index in [1.165, 1.54) is 0 Å². The van der Waals surface area contributed by atoms with Crippen LogP contribution in [0.1, 0.15) is 6.42 Å². The summed E-state index contributed by atoms with van der Waals surface area (Å²) in [6.07, 6.45) is -7.73. The number of hydrogen-bond donors (Lipinski definition) is 8. The lowest BCUT2D eigenvalue weighted by Crippen LogP contribution is -2.67. The van der Waals surface area contributed by atoms with E-state index in [1.807, 2.05) is 0 Å². The number of ether oxygens (including phenoxy) is 2. The van der Waals surface area contributed by atoms with Gasteiger partial charge in [0.15, 0.2) is 6.29 Å². The molecule has 0 amide bonds. The number of aliphatic hydroxyl groups excluding tert-OH is 4. The summed E-state index contributed by atoms with van der Waals surface area (Å²) < 4.78 is 11.0. The van der Waals surface area contributed by atoms with Gasteiger partial charge in [-0.25, -0.2) is 0 Å². The second kappa shape index (κ2) is 7.01. The molecule has 0 aromatic carbocycles. The Labute approximate surface area is 128 Å². The molecule has 1 aliphatic carbocycles. The van der Waals surface area contributed by atoms with Crippen molar-refractivity contribution in [1.29, 1.82) is 0 Å². The minimum absolute atomic E-state index is 0.0441. The quantitative estimate of drug-likeness (QED) is 0.248. The molecular weight excluding hydrogens is 296 g/mol. The first-order valence-electron chi connectivity index (χ1n) is 7.28. The highest BCUT2D eigenvalue weighted by molar-refractivity contribution is 4.99. The third-order valence-electron chi connectivity index (χ3n) is 4.36. The standard InChI is InChI=1S/C12H26N4O6/c13-2-5-8(18)9(19)6(16)12(21-5)22-11-4(15)1-3(14)7(17)10(11)20/h3-12,17-20H,1-2,13-16H2/t3-,4+,5+,6+,7+,8+,9+,10-,11-,12+/m1/s1. The Bertz CT molecular complexity index is 376. The monoisotopic (exact) mass is 322 g/mol. The second-order valence-electron chi connectivity index (χ2n) is 5.98. The molecule has 0 radical (unpaired) electrons. The molecule has 2 aliphatic rings. The molecule has 0 bridgehead atoms. The molecule has 2 fully saturated rings. The van der Waals surface area contributed by atoms with E-state index in [0.29, 0.717) is 0 Å². The van der Waals surface area contributed by atoms with Gasteiger partial charge >= 0.3 is 0 Å². The van der Waals surface area contributed by atoms with Gasteiger partial charge in [-0.2, -0.15) is 0 Å². The van der Waals surface area contributed by atoms with Crippen LogP contribution in [-0.2, 0) is 9.47 Å². The summed E-state index contributed by atoms with van der Waals surface area (Å²) in [6.45, 7) is -0.0441. The lowest BCUT2D eigenvalue weighted by molar-refractivity contribution is -0.287. The van der Waals surface area contributed by atoms with E-state index in [0.717, 1.165) is 0 Å². The molecular formula is C12H26N4O6. The van der Waals surface area contributed by atoms with Gasteiger partial charge in [-0.3, -0.25) is 0 Å². The van der Waals surface area contributed by atoms with Crippen molar-refractivity contribution < 1.29 is 29.9 Å². The molecule has 0 aromatic heterocycles. The maximum absolute atomic E-state index is 10.1. The van der Waals surface area contributed by atoms with E-state index in [-0.39, 0.29) is 13.0 Å². The van der Waals surface area contributed by atoms with Gasteiger partial charge in [-0.1, -0.05) is 0 Å². The Morgan fingerprint density at radius 2 is 1.55 bits per heavy atom. The van der Waals surface area contributed by atoms with Gasteiger partial charge in [-0.05, 0) is 6.42 Å². The number of rotatable bonds is 3. The molecule has 10 heteroatoms. The second-order valence-corrected chi connectivity index (χ2v) is 5.98. The fourth-order valence-electron chi connectivity index (χ4n) is 2.89. The molecule has 0 unspecified atom stereocenters. The van der Waals surface area contributed by atoms with Crippen molar-refractivity contribution in [3.63, 3.8) is 0 Å². The van der Waals surface area contributed by atoms with Crippen LogP contribution >= 0.6 is 0 Å². The SMILES string of the molecule is NC[C@@H]1O[C@@H](O[C@H]2[C@H](O)[C@@H](O)[C@H](N)C[C@@H]2N)[C@@H](N)[C@H](O)[C@H]1O. The molecule has 1 saturated carbocycles. The molecule has 2 rings (SSSR count). The first kappa shape index (κ1) is 17.9.